The van der Waals surface area contributed by atoms with E-state index in [0.29, 0.717) is 38.2 Å². The van der Waals surface area contributed by atoms with Gasteiger partial charge in [-0.15, -0.1) is 11.8 Å². The Bertz CT molecular complexity index is 1280. The number of esters is 1. The van der Waals surface area contributed by atoms with Crippen molar-refractivity contribution in [2.45, 2.75) is 50.3 Å². The first-order valence-corrected chi connectivity index (χ1v) is 15.5. The van der Waals surface area contributed by atoms with Crippen LogP contribution in [0.3, 0.4) is 0 Å². The van der Waals surface area contributed by atoms with Crippen LogP contribution in [0.5, 0.6) is 0 Å². The Morgan fingerprint density at radius 2 is 1.86 bits per heavy atom. The molecule has 0 aliphatic carbocycles. The fraction of sp³-hybridized carbons (Fsp3) is 0.621. The average molecular weight is 618 g/mol. The molecule has 0 unspecified atom stereocenters. The second-order valence-electron chi connectivity index (χ2n) is 11.8. The molecular weight excluding hydrogens is 578 g/mol. The van der Waals surface area contributed by atoms with Crippen molar-refractivity contribution in [3.05, 3.63) is 50.5 Å². The van der Waals surface area contributed by atoms with Crippen molar-refractivity contribution in [3.63, 3.8) is 0 Å². The lowest BCUT2D eigenvalue weighted by Crippen LogP contribution is -2.63. The molecule has 2 amide bonds. The van der Waals surface area contributed by atoms with E-state index in [1.54, 1.807) is 6.92 Å². The van der Waals surface area contributed by atoms with Gasteiger partial charge in [-0.25, -0.2) is 4.79 Å². The van der Waals surface area contributed by atoms with Gasteiger partial charge in [0.25, 0.3) is 5.69 Å². The van der Waals surface area contributed by atoms with Crippen LogP contribution < -0.4 is 0 Å². The highest BCUT2D eigenvalue weighted by molar-refractivity contribution is 8.03. The molecule has 1 aromatic rings. The van der Waals surface area contributed by atoms with Gasteiger partial charge in [-0.1, -0.05) is 6.92 Å². The van der Waals surface area contributed by atoms with Crippen molar-refractivity contribution in [3.8, 4) is 0 Å². The molecule has 5 rings (SSSR count). The molecular formula is C29H39N5O8S. The molecule has 43 heavy (non-hydrogen) atoms. The van der Waals surface area contributed by atoms with E-state index in [1.807, 2.05) is 23.8 Å². The lowest BCUT2D eigenvalue weighted by Gasteiger charge is -2.46. The third kappa shape index (κ3) is 6.16. The zero-order chi connectivity index (χ0) is 31.0. The van der Waals surface area contributed by atoms with E-state index in [9.17, 15) is 34.7 Å². The van der Waals surface area contributed by atoms with Gasteiger partial charge in [-0.3, -0.25) is 29.5 Å². The number of aliphatic hydroxyl groups excluding tert-OH is 2. The number of carbonyl (C=O) groups excluding carboxylic acids is 3. The second-order valence-corrected chi connectivity index (χ2v) is 13.1. The van der Waals surface area contributed by atoms with Crippen molar-refractivity contribution in [1.29, 1.82) is 0 Å². The van der Waals surface area contributed by atoms with Crippen molar-refractivity contribution < 1.29 is 34.3 Å². The van der Waals surface area contributed by atoms with Crippen LogP contribution in [-0.4, -0.2) is 129 Å². The molecule has 4 aliphatic rings. The van der Waals surface area contributed by atoms with E-state index in [-0.39, 0.29) is 59.7 Å². The van der Waals surface area contributed by atoms with Crippen molar-refractivity contribution in [2.75, 3.05) is 52.9 Å². The van der Waals surface area contributed by atoms with Crippen LogP contribution >= 0.6 is 11.8 Å². The SMILES string of the molecule is C[C@@H](O)[C@H]1C(=O)N2C(C(=O)OCc3ccc([N+](=O)[O-])cc3)=C(S[C@H]3C[C@@H](C(=O)N4CCN(CCO)CC4)N(C)C3)[C@H](C)[C@H]12. The van der Waals surface area contributed by atoms with Crippen molar-refractivity contribution in [1.82, 2.24) is 19.6 Å². The molecule has 0 aromatic heterocycles. The Kier molecular flexibility index (Phi) is 9.42. The molecule has 0 spiro atoms. The molecule has 0 bridgehead atoms. The first kappa shape index (κ1) is 31.4. The molecule has 234 valence electrons. The number of hydrogen-bond acceptors (Lipinski definition) is 11. The summed E-state index contributed by atoms with van der Waals surface area (Å²) in [5.74, 6) is -1.72. The standard InChI is InChI=1S/C29H39N5O8S/c1-17-24-23(18(2)36)28(38)33(24)25(29(39)42-16-19-4-6-20(7-5-19)34(40)41)26(17)43-21-14-22(30(3)15-21)27(37)32-10-8-31(9-11-32)12-13-35/h4-7,17-18,21-24,35-36H,8-16H2,1-3H3/t17-,18-,21+,22+,23-,24-/m1/s1. The average Bonchev–Trinajstić information content (AvgIpc) is 3.46. The number of rotatable bonds is 10. The quantitative estimate of drug-likeness (QED) is 0.164. The maximum atomic E-state index is 13.5. The summed E-state index contributed by atoms with van der Waals surface area (Å²) < 4.78 is 5.61. The number of non-ortho nitro benzene ring substituents is 1. The lowest BCUT2D eigenvalue weighted by atomic mass is 9.79. The van der Waals surface area contributed by atoms with E-state index in [0.717, 1.165) is 18.0 Å². The molecule has 13 nitrogen and oxygen atoms in total. The number of nitrogens with zero attached hydrogens (tertiary/aromatic N) is 5. The fourth-order valence-corrected chi connectivity index (χ4v) is 8.25. The summed E-state index contributed by atoms with van der Waals surface area (Å²) in [4.78, 5) is 58.8. The minimum absolute atomic E-state index is 0.00310. The van der Waals surface area contributed by atoms with Crippen LogP contribution in [0.1, 0.15) is 25.8 Å². The summed E-state index contributed by atoms with van der Waals surface area (Å²) in [7, 11) is 1.93. The maximum absolute atomic E-state index is 13.5. The Hall–Kier alpha value is -3.04. The highest BCUT2D eigenvalue weighted by Gasteiger charge is 2.60. The number of hydrogen-bond donors (Lipinski definition) is 2. The molecule has 4 heterocycles. The number of aliphatic hydroxyl groups is 2. The lowest BCUT2D eigenvalue weighted by molar-refractivity contribution is -0.384. The van der Waals surface area contributed by atoms with Gasteiger partial charge in [0, 0.05) is 67.5 Å². The van der Waals surface area contributed by atoms with Crippen LogP contribution in [-0.2, 0) is 25.7 Å². The zero-order valence-corrected chi connectivity index (χ0v) is 25.4. The molecule has 1 aromatic carbocycles. The first-order chi connectivity index (χ1) is 20.5. The molecule has 3 saturated heterocycles. The predicted molar refractivity (Wildman–Crippen MR) is 157 cm³/mol. The van der Waals surface area contributed by atoms with Crippen LogP contribution in [0, 0.1) is 22.0 Å². The monoisotopic (exact) mass is 617 g/mol. The topological polar surface area (TPSA) is 157 Å². The number of carbonyl (C=O) groups is 3. The minimum atomic E-state index is -0.865. The number of ether oxygens (including phenoxy) is 1. The molecule has 2 N–H and O–H groups in total. The number of amides is 2. The number of benzene rings is 1. The highest BCUT2D eigenvalue weighted by Crippen LogP contribution is 2.52. The number of piperazine rings is 1. The number of likely N-dealkylation sites (N-methyl/N-ethyl adjacent to an activating group) is 1. The van der Waals surface area contributed by atoms with Crippen LogP contribution in [0.2, 0.25) is 0 Å². The highest BCUT2D eigenvalue weighted by atomic mass is 32.2. The van der Waals surface area contributed by atoms with Crippen LogP contribution in [0.15, 0.2) is 34.9 Å². The van der Waals surface area contributed by atoms with Crippen LogP contribution in [0.25, 0.3) is 0 Å². The van der Waals surface area contributed by atoms with E-state index in [1.165, 1.54) is 40.9 Å². The van der Waals surface area contributed by atoms with Gasteiger partial charge < -0.3 is 24.7 Å². The predicted octanol–water partition coefficient (Wildman–Crippen LogP) is 0.650. The number of nitro benzene ring substituents is 1. The Labute approximate surface area is 254 Å². The van der Waals surface area contributed by atoms with Gasteiger partial charge in [0.1, 0.15) is 12.3 Å². The van der Waals surface area contributed by atoms with Gasteiger partial charge >= 0.3 is 5.97 Å². The number of β-amino-alcohol motifs (C(OH)–C–C–N with tert-alkyl or cyclic N) is 1. The van der Waals surface area contributed by atoms with Gasteiger partial charge in [0.05, 0.1) is 35.6 Å². The zero-order valence-electron chi connectivity index (χ0n) is 24.6. The maximum Gasteiger partial charge on any atom is 0.356 e. The van der Waals surface area contributed by atoms with E-state index < -0.39 is 22.9 Å². The van der Waals surface area contributed by atoms with Gasteiger partial charge in [-0.05, 0) is 38.1 Å². The van der Waals surface area contributed by atoms with Crippen LogP contribution in [0.4, 0.5) is 5.69 Å². The first-order valence-electron chi connectivity index (χ1n) is 14.7. The molecule has 4 aliphatic heterocycles. The summed E-state index contributed by atoms with van der Waals surface area (Å²) in [5, 5.41) is 30.5. The number of β-lactam (4-membered cyclic amide) rings is 1. The number of nitro groups is 1. The normalized spacial score (nSPS) is 28.6. The molecule has 6 atom stereocenters. The third-order valence-electron chi connectivity index (χ3n) is 9.01. The van der Waals surface area contributed by atoms with Crippen molar-refractivity contribution in [2.24, 2.45) is 11.8 Å². The van der Waals surface area contributed by atoms with E-state index in [2.05, 4.69) is 4.90 Å². The summed E-state index contributed by atoms with van der Waals surface area (Å²) in [5.41, 5.74) is 0.689. The summed E-state index contributed by atoms with van der Waals surface area (Å²) >= 11 is 1.51. The third-order valence-corrected chi connectivity index (χ3v) is 10.5. The summed E-state index contributed by atoms with van der Waals surface area (Å²) in [6.07, 6.45) is -0.271. The fourth-order valence-electron chi connectivity index (χ4n) is 6.65. The van der Waals surface area contributed by atoms with Gasteiger partial charge in [0.2, 0.25) is 11.8 Å². The smallest absolute Gasteiger partial charge is 0.356 e. The molecule has 0 radical (unpaired) electrons. The van der Waals surface area contributed by atoms with Gasteiger partial charge in [0.15, 0.2) is 0 Å². The Balaban J connectivity index is 1.30. The number of fused-ring (bicyclic) bond motifs is 1. The summed E-state index contributed by atoms with van der Waals surface area (Å²) in [6, 6.07) is 5.07. The Morgan fingerprint density at radius 3 is 2.47 bits per heavy atom. The van der Waals surface area contributed by atoms with Gasteiger partial charge in [-0.2, -0.15) is 0 Å². The van der Waals surface area contributed by atoms with E-state index in [4.69, 9.17) is 4.74 Å². The largest absolute Gasteiger partial charge is 0.456 e. The Morgan fingerprint density at radius 1 is 1.19 bits per heavy atom. The summed E-state index contributed by atoms with van der Waals surface area (Å²) in [6.45, 7) is 7.44. The second kappa shape index (κ2) is 12.9. The molecule has 0 saturated carbocycles. The number of likely N-dealkylation sites (tertiary alicyclic amines) is 1. The number of thioether (sulfide) groups is 1. The van der Waals surface area contributed by atoms with Crippen molar-refractivity contribution >= 4 is 35.2 Å². The van der Waals surface area contributed by atoms with E-state index >= 15 is 0 Å². The molecule has 14 heteroatoms. The minimum Gasteiger partial charge on any atom is -0.456 e. The molecule has 3 fully saturated rings.